The Labute approximate surface area is 237 Å². The number of unbranched alkanes of at least 4 members (excludes halogenated alkanes) is 9. The number of carboxylic acids is 2. The van der Waals surface area contributed by atoms with Crippen LogP contribution in [0, 0.1) is 0 Å². The Hall–Kier alpha value is -3.43. The van der Waals surface area contributed by atoms with Crippen molar-refractivity contribution in [3.05, 3.63) is 29.8 Å². The van der Waals surface area contributed by atoms with Crippen LogP contribution in [0.3, 0.4) is 0 Å². The molecular formula is C30H46N2O8. The maximum absolute atomic E-state index is 12.2. The minimum atomic E-state index is -1.15. The lowest BCUT2D eigenvalue weighted by Gasteiger charge is -2.14. The van der Waals surface area contributed by atoms with Crippen molar-refractivity contribution < 1.29 is 38.9 Å². The van der Waals surface area contributed by atoms with Gasteiger partial charge in [0.15, 0.2) is 0 Å². The molecule has 0 fully saturated rings. The highest BCUT2D eigenvalue weighted by Gasteiger charge is 2.20. The van der Waals surface area contributed by atoms with Crippen molar-refractivity contribution in [3.8, 4) is 5.75 Å². The van der Waals surface area contributed by atoms with Crippen LogP contribution in [0.5, 0.6) is 5.75 Å². The van der Waals surface area contributed by atoms with Crippen LogP contribution in [0.1, 0.15) is 114 Å². The molecule has 1 aromatic rings. The van der Waals surface area contributed by atoms with E-state index in [1.54, 1.807) is 19.1 Å². The summed E-state index contributed by atoms with van der Waals surface area (Å²) in [6, 6.07) is 5.29. The molecule has 0 spiro atoms. The maximum Gasteiger partial charge on any atom is 0.335 e. The number of carbonyl (C=O) groups is 5. The second kappa shape index (κ2) is 21.4. The summed E-state index contributed by atoms with van der Waals surface area (Å²) < 4.78 is 5.63. The van der Waals surface area contributed by atoms with Gasteiger partial charge in [0.2, 0.25) is 11.8 Å². The van der Waals surface area contributed by atoms with E-state index in [1.165, 1.54) is 12.1 Å². The molecule has 0 bridgehead atoms. The molecule has 0 unspecified atom stereocenters. The van der Waals surface area contributed by atoms with E-state index < -0.39 is 18.0 Å². The van der Waals surface area contributed by atoms with Gasteiger partial charge in [-0.25, -0.2) is 9.59 Å². The van der Waals surface area contributed by atoms with Gasteiger partial charge in [-0.05, 0) is 63.3 Å². The number of Topliss-reactive ketones (excluding diaryl/α,β-unsaturated/α-hetero) is 1. The summed E-state index contributed by atoms with van der Waals surface area (Å²) in [5.74, 6) is -1.84. The third kappa shape index (κ3) is 18.0. The highest BCUT2D eigenvalue weighted by atomic mass is 16.5. The van der Waals surface area contributed by atoms with Gasteiger partial charge in [-0.3, -0.25) is 9.59 Å². The third-order valence-electron chi connectivity index (χ3n) is 6.49. The van der Waals surface area contributed by atoms with Crippen LogP contribution in [-0.2, 0) is 19.2 Å². The number of nitrogens with one attached hydrogen (secondary N) is 2. The monoisotopic (exact) mass is 562 g/mol. The minimum absolute atomic E-state index is 0.0245. The molecular weight excluding hydrogens is 516 g/mol. The summed E-state index contributed by atoms with van der Waals surface area (Å²) in [6.07, 6.45) is 11.1. The van der Waals surface area contributed by atoms with Crippen LogP contribution in [0.25, 0.3) is 0 Å². The van der Waals surface area contributed by atoms with E-state index in [0.29, 0.717) is 31.7 Å². The normalized spacial score (nSPS) is 11.4. The molecule has 2 amide bonds. The number of benzene rings is 1. The van der Waals surface area contributed by atoms with Gasteiger partial charge in [0, 0.05) is 25.8 Å². The third-order valence-corrected chi connectivity index (χ3v) is 6.49. The zero-order valence-corrected chi connectivity index (χ0v) is 23.8. The number of carboxylic acid groups (broad SMARTS) is 2. The van der Waals surface area contributed by atoms with Crippen molar-refractivity contribution in [2.75, 3.05) is 13.2 Å². The Kier molecular flexibility index (Phi) is 18.5. The molecule has 0 aliphatic heterocycles. The molecule has 1 rings (SSSR count). The van der Waals surface area contributed by atoms with E-state index in [-0.39, 0.29) is 42.4 Å². The van der Waals surface area contributed by atoms with Crippen molar-refractivity contribution in [2.24, 2.45) is 0 Å². The zero-order chi connectivity index (χ0) is 29.6. The first-order chi connectivity index (χ1) is 19.2. The van der Waals surface area contributed by atoms with Gasteiger partial charge in [0.1, 0.15) is 17.6 Å². The first-order valence-electron chi connectivity index (χ1n) is 14.4. The molecule has 0 heterocycles. The number of amides is 2. The number of aromatic carboxylic acids is 1. The largest absolute Gasteiger partial charge is 0.494 e. The predicted molar refractivity (Wildman–Crippen MR) is 151 cm³/mol. The topological polar surface area (TPSA) is 159 Å². The van der Waals surface area contributed by atoms with Gasteiger partial charge in [-0.2, -0.15) is 0 Å². The predicted octanol–water partition coefficient (Wildman–Crippen LogP) is 4.89. The van der Waals surface area contributed by atoms with Crippen LogP contribution in [-0.4, -0.2) is 58.9 Å². The zero-order valence-electron chi connectivity index (χ0n) is 23.8. The molecule has 1 atom stereocenters. The summed E-state index contributed by atoms with van der Waals surface area (Å²) in [4.78, 5) is 57.4. The van der Waals surface area contributed by atoms with Crippen LogP contribution >= 0.6 is 0 Å². The van der Waals surface area contributed by atoms with Crippen LogP contribution in [0.4, 0.5) is 0 Å². The fourth-order valence-corrected chi connectivity index (χ4v) is 4.12. The van der Waals surface area contributed by atoms with Crippen LogP contribution in [0.15, 0.2) is 24.3 Å². The summed E-state index contributed by atoms with van der Waals surface area (Å²) in [7, 11) is 0. The summed E-state index contributed by atoms with van der Waals surface area (Å²) in [6.45, 7) is 2.63. The average Bonchev–Trinajstić information content (AvgIpc) is 2.91. The van der Waals surface area contributed by atoms with E-state index >= 15 is 0 Å². The quantitative estimate of drug-likeness (QED) is 0.130. The SMILES string of the molecule is CC(=O)CCCCCNC(=O)CC[C@H](NC(=O)CCCCCCCCCCOc1ccc(C(=O)O)cc1)C(=O)O. The van der Waals surface area contributed by atoms with E-state index in [2.05, 4.69) is 10.6 Å². The fourth-order valence-electron chi connectivity index (χ4n) is 4.12. The Balaban J connectivity index is 2.02. The minimum Gasteiger partial charge on any atom is -0.494 e. The lowest BCUT2D eigenvalue weighted by atomic mass is 10.1. The number of hydrogen-bond donors (Lipinski definition) is 4. The molecule has 0 saturated carbocycles. The second-order valence-corrected chi connectivity index (χ2v) is 10.1. The van der Waals surface area contributed by atoms with E-state index in [9.17, 15) is 29.1 Å². The highest BCUT2D eigenvalue weighted by molar-refractivity contribution is 5.87. The smallest absolute Gasteiger partial charge is 0.335 e. The second-order valence-electron chi connectivity index (χ2n) is 10.1. The van der Waals surface area contributed by atoms with Crippen LogP contribution < -0.4 is 15.4 Å². The van der Waals surface area contributed by atoms with Gasteiger partial charge in [-0.15, -0.1) is 0 Å². The Morgan fingerprint density at radius 3 is 1.90 bits per heavy atom. The van der Waals surface area contributed by atoms with Crippen molar-refractivity contribution in [2.45, 2.75) is 109 Å². The lowest BCUT2D eigenvalue weighted by Crippen LogP contribution is -2.41. The molecule has 10 nitrogen and oxygen atoms in total. The Bertz CT molecular complexity index is 917. The van der Waals surface area contributed by atoms with Crippen molar-refractivity contribution in [1.82, 2.24) is 10.6 Å². The van der Waals surface area contributed by atoms with Crippen molar-refractivity contribution >= 4 is 29.5 Å². The summed E-state index contributed by atoms with van der Waals surface area (Å²) in [5.41, 5.74) is 0.236. The maximum atomic E-state index is 12.2. The van der Waals surface area contributed by atoms with Crippen molar-refractivity contribution in [3.63, 3.8) is 0 Å². The van der Waals surface area contributed by atoms with Crippen molar-refractivity contribution in [1.29, 1.82) is 0 Å². The molecule has 40 heavy (non-hydrogen) atoms. The molecule has 4 N–H and O–H groups in total. The van der Waals surface area contributed by atoms with Gasteiger partial charge >= 0.3 is 11.9 Å². The van der Waals surface area contributed by atoms with Gasteiger partial charge in [0.25, 0.3) is 0 Å². The first kappa shape index (κ1) is 34.6. The molecule has 0 aliphatic carbocycles. The standard InChI is InChI=1S/C30H46N2O8/c1-23(33)13-9-8-11-21-31-27(34)20-19-26(30(38)39)32-28(35)14-10-6-4-2-3-5-7-12-22-40-25-17-15-24(16-18-25)29(36)37/h15-18,26H,2-14,19-22H2,1H3,(H,31,34)(H,32,35)(H,36,37)(H,38,39)/t26-/m0/s1. The summed E-state index contributed by atoms with van der Waals surface area (Å²) in [5, 5.41) is 23.6. The van der Waals surface area contributed by atoms with Gasteiger partial charge in [0.05, 0.1) is 12.2 Å². The molecule has 224 valence electrons. The van der Waals surface area contributed by atoms with Crippen LogP contribution in [0.2, 0.25) is 0 Å². The first-order valence-corrected chi connectivity index (χ1v) is 14.4. The van der Waals surface area contributed by atoms with E-state index in [4.69, 9.17) is 9.84 Å². The highest BCUT2D eigenvalue weighted by Crippen LogP contribution is 2.14. The molecule has 0 saturated heterocycles. The Morgan fingerprint density at radius 1 is 0.725 bits per heavy atom. The molecule has 1 aromatic carbocycles. The van der Waals surface area contributed by atoms with E-state index in [1.807, 2.05) is 0 Å². The Morgan fingerprint density at radius 2 is 1.30 bits per heavy atom. The number of hydrogen-bond acceptors (Lipinski definition) is 6. The number of ketones is 1. The molecule has 0 aliphatic rings. The molecule has 10 heteroatoms. The number of aliphatic carboxylic acids is 1. The number of carbonyl (C=O) groups excluding carboxylic acids is 3. The molecule has 0 radical (unpaired) electrons. The number of rotatable bonds is 24. The van der Waals surface area contributed by atoms with Gasteiger partial charge in [-0.1, -0.05) is 44.9 Å². The number of ether oxygens (including phenoxy) is 1. The van der Waals surface area contributed by atoms with Gasteiger partial charge < -0.3 is 30.4 Å². The fraction of sp³-hybridized carbons (Fsp3) is 0.633. The summed E-state index contributed by atoms with van der Waals surface area (Å²) >= 11 is 0. The van der Waals surface area contributed by atoms with E-state index in [0.717, 1.165) is 64.2 Å². The lowest BCUT2D eigenvalue weighted by molar-refractivity contribution is -0.142. The molecule has 0 aromatic heterocycles. The average molecular weight is 563 g/mol.